The monoisotopic (exact) mass is 479 g/mol. The lowest BCUT2D eigenvalue weighted by atomic mass is 10.0. The van der Waals surface area contributed by atoms with Gasteiger partial charge in [-0.3, -0.25) is 0 Å². The second-order valence-electron chi connectivity index (χ2n) is 8.95. The second-order valence-corrected chi connectivity index (χ2v) is 9.35. The van der Waals surface area contributed by atoms with Gasteiger partial charge in [0.05, 0.1) is 22.6 Å². The van der Waals surface area contributed by atoms with Gasteiger partial charge in [-0.2, -0.15) is 0 Å². The van der Waals surface area contributed by atoms with E-state index in [2.05, 4.69) is 58.1 Å². The van der Waals surface area contributed by atoms with Crippen LogP contribution in [0.5, 0.6) is 5.75 Å². The summed E-state index contributed by atoms with van der Waals surface area (Å²) in [6, 6.07) is 9.82. The quantitative estimate of drug-likeness (QED) is 0.490. The molecule has 0 spiro atoms. The molecular weight excluding hydrogens is 453 g/mol. The van der Waals surface area contributed by atoms with Crippen LogP contribution in [0, 0.1) is 5.82 Å². The molecule has 3 aromatic rings. The van der Waals surface area contributed by atoms with Gasteiger partial charge >= 0.3 is 0 Å². The first-order chi connectivity index (χ1) is 16.3. The molecular formula is C26H27ClFN5O. The van der Waals surface area contributed by atoms with E-state index in [9.17, 15) is 4.39 Å². The molecule has 2 aromatic carbocycles. The van der Waals surface area contributed by atoms with Gasteiger partial charge in [0.25, 0.3) is 0 Å². The molecule has 8 heteroatoms. The van der Waals surface area contributed by atoms with Crippen molar-refractivity contribution in [2.24, 2.45) is 0 Å². The van der Waals surface area contributed by atoms with E-state index in [0.29, 0.717) is 22.3 Å². The average molecular weight is 480 g/mol. The molecule has 2 aliphatic heterocycles. The van der Waals surface area contributed by atoms with E-state index in [-0.39, 0.29) is 17.8 Å². The maximum Gasteiger partial charge on any atom is 0.227 e. The number of fused-ring (bicyclic) bond motifs is 2. The molecule has 0 saturated heterocycles. The highest BCUT2D eigenvalue weighted by atomic mass is 35.5. The van der Waals surface area contributed by atoms with E-state index in [0.717, 1.165) is 36.6 Å². The number of anilines is 3. The van der Waals surface area contributed by atoms with Crippen LogP contribution in [0.4, 0.5) is 21.7 Å². The average Bonchev–Trinajstić information content (AvgIpc) is 2.81. The van der Waals surface area contributed by atoms with Crippen LogP contribution in [0.25, 0.3) is 11.3 Å². The molecule has 1 atom stereocenters. The molecule has 6 nitrogen and oxygen atoms in total. The Morgan fingerprint density at radius 3 is 2.88 bits per heavy atom. The fraction of sp³-hybridized carbons (Fsp3) is 0.308. The highest BCUT2D eigenvalue weighted by molar-refractivity contribution is 6.33. The number of rotatable bonds is 4. The van der Waals surface area contributed by atoms with E-state index in [4.69, 9.17) is 16.3 Å². The number of hydrogen-bond donors (Lipinski definition) is 2. The first-order valence-corrected chi connectivity index (χ1v) is 11.8. The van der Waals surface area contributed by atoms with Crippen molar-refractivity contribution in [3.05, 3.63) is 70.8 Å². The SMILES string of the molecule is C=C1C(C)Oc2c(Cl)cc(-c3nc(Nc4ccc5c(c4)CCNC5)ncc3F)cc2N1C(C)C. The van der Waals surface area contributed by atoms with Crippen LogP contribution in [-0.2, 0) is 13.0 Å². The topological polar surface area (TPSA) is 62.3 Å². The molecule has 3 heterocycles. The van der Waals surface area contributed by atoms with Crippen molar-refractivity contribution >= 4 is 28.9 Å². The Bertz CT molecular complexity index is 1280. The van der Waals surface area contributed by atoms with Crippen LogP contribution in [-0.4, -0.2) is 28.7 Å². The third kappa shape index (κ3) is 4.10. The number of benzene rings is 2. The molecule has 0 amide bonds. The van der Waals surface area contributed by atoms with Crippen molar-refractivity contribution in [2.75, 3.05) is 16.8 Å². The van der Waals surface area contributed by atoms with E-state index in [1.165, 1.54) is 17.3 Å². The van der Waals surface area contributed by atoms with Crippen LogP contribution in [0.2, 0.25) is 5.02 Å². The van der Waals surface area contributed by atoms with Crippen molar-refractivity contribution in [1.82, 2.24) is 15.3 Å². The van der Waals surface area contributed by atoms with E-state index >= 15 is 0 Å². The number of aromatic nitrogens is 2. The number of ether oxygens (including phenoxy) is 1. The molecule has 1 unspecified atom stereocenters. The molecule has 176 valence electrons. The standard InChI is InChI=1S/C26H27ClFN5O/c1-14(2)33-15(3)16(4)34-25-21(27)10-19(11-23(25)33)24-22(28)13-30-26(32-24)31-20-6-5-18-12-29-8-7-17(18)9-20/h5-6,9-11,13-14,16,29H,3,7-8,12H2,1-2,4H3,(H,30,31,32). The summed E-state index contributed by atoms with van der Waals surface area (Å²) >= 11 is 6.60. The summed E-state index contributed by atoms with van der Waals surface area (Å²) in [7, 11) is 0. The Labute approximate surface area is 203 Å². The molecule has 2 aliphatic rings. The second kappa shape index (κ2) is 8.89. The zero-order valence-electron chi connectivity index (χ0n) is 19.5. The molecule has 34 heavy (non-hydrogen) atoms. The van der Waals surface area contributed by atoms with E-state index < -0.39 is 5.82 Å². The van der Waals surface area contributed by atoms with Crippen molar-refractivity contribution < 1.29 is 9.13 Å². The van der Waals surface area contributed by atoms with Crippen LogP contribution in [0.15, 0.2) is 48.8 Å². The van der Waals surface area contributed by atoms with Crippen LogP contribution in [0.1, 0.15) is 31.9 Å². The van der Waals surface area contributed by atoms with Gasteiger partial charge in [0, 0.05) is 23.8 Å². The molecule has 5 rings (SSSR count). The van der Waals surface area contributed by atoms with Gasteiger partial charge in [-0.1, -0.05) is 24.2 Å². The Hall–Kier alpha value is -3.16. The van der Waals surface area contributed by atoms with Gasteiger partial charge in [-0.05, 0) is 69.1 Å². The van der Waals surface area contributed by atoms with Crippen LogP contribution < -0.4 is 20.3 Å². The molecule has 0 aliphatic carbocycles. The minimum atomic E-state index is -0.530. The normalized spacial score (nSPS) is 17.3. The maximum absolute atomic E-state index is 14.9. The molecule has 0 saturated carbocycles. The van der Waals surface area contributed by atoms with Gasteiger partial charge in [0.15, 0.2) is 11.6 Å². The van der Waals surface area contributed by atoms with Crippen LogP contribution in [0.3, 0.4) is 0 Å². The van der Waals surface area contributed by atoms with Crippen molar-refractivity contribution in [3.8, 4) is 17.0 Å². The van der Waals surface area contributed by atoms with Crippen molar-refractivity contribution in [2.45, 2.75) is 45.9 Å². The number of halogens is 2. The highest BCUT2D eigenvalue weighted by Gasteiger charge is 2.31. The maximum atomic E-state index is 14.9. The zero-order chi connectivity index (χ0) is 24.0. The van der Waals surface area contributed by atoms with E-state index in [1.54, 1.807) is 6.07 Å². The predicted molar refractivity (Wildman–Crippen MR) is 134 cm³/mol. The third-order valence-corrected chi connectivity index (χ3v) is 6.52. The zero-order valence-corrected chi connectivity index (χ0v) is 20.2. The van der Waals surface area contributed by atoms with Crippen molar-refractivity contribution in [1.29, 1.82) is 0 Å². The fourth-order valence-corrected chi connectivity index (χ4v) is 4.79. The fourth-order valence-electron chi connectivity index (χ4n) is 4.53. The van der Waals surface area contributed by atoms with Crippen LogP contribution >= 0.6 is 11.6 Å². The molecule has 2 N–H and O–H groups in total. The first-order valence-electron chi connectivity index (χ1n) is 11.4. The van der Waals surface area contributed by atoms with Gasteiger partial charge < -0.3 is 20.3 Å². The summed E-state index contributed by atoms with van der Waals surface area (Å²) in [5.41, 5.74) is 5.72. The first kappa shape index (κ1) is 22.6. The number of nitrogens with one attached hydrogen (secondary N) is 2. The summed E-state index contributed by atoms with van der Waals surface area (Å²) in [6.07, 6.45) is 1.93. The molecule has 0 fully saturated rings. The number of nitrogens with zero attached hydrogens (tertiary/aromatic N) is 3. The van der Waals surface area contributed by atoms with Gasteiger partial charge in [0.2, 0.25) is 5.95 Å². The molecule has 0 bridgehead atoms. The predicted octanol–water partition coefficient (Wildman–Crippen LogP) is 5.83. The lowest BCUT2D eigenvalue weighted by Gasteiger charge is -2.40. The summed E-state index contributed by atoms with van der Waals surface area (Å²) in [5.74, 6) is 0.350. The van der Waals surface area contributed by atoms with E-state index in [1.807, 2.05) is 19.1 Å². The van der Waals surface area contributed by atoms with Gasteiger partial charge in [-0.25, -0.2) is 14.4 Å². The summed E-state index contributed by atoms with van der Waals surface area (Å²) < 4.78 is 20.9. The molecule has 1 aromatic heterocycles. The van der Waals surface area contributed by atoms with Crippen molar-refractivity contribution in [3.63, 3.8) is 0 Å². The lowest BCUT2D eigenvalue weighted by Crippen LogP contribution is -2.40. The Morgan fingerprint density at radius 2 is 2.09 bits per heavy atom. The summed E-state index contributed by atoms with van der Waals surface area (Å²) in [6.45, 7) is 12.1. The lowest BCUT2D eigenvalue weighted by molar-refractivity contribution is 0.240. The summed E-state index contributed by atoms with van der Waals surface area (Å²) in [4.78, 5) is 10.7. The minimum absolute atomic E-state index is 0.121. The largest absolute Gasteiger partial charge is 0.481 e. The third-order valence-electron chi connectivity index (χ3n) is 6.24. The highest BCUT2D eigenvalue weighted by Crippen LogP contribution is 2.46. The Kier molecular flexibility index (Phi) is 5.91. The Balaban J connectivity index is 1.52. The summed E-state index contributed by atoms with van der Waals surface area (Å²) in [5, 5.41) is 6.98. The smallest absolute Gasteiger partial charge is 0.227 e. The minimum Gasteiger partial charge on any atom is -0.481 e. The Morgan fingerprint density at radius 1 is 1.26 bits per heavy atom. The van der Waals surface area contributed by atoms with Gasteiger partial charge in [0.1, 0.15) is 11.8 Å². The number of hydrogen-bond acceptors (Lipinski definition) is 6. The van der Waals surface area contributed by atoms with Gasteiger partial charge in [-0.15, -0.1) is 0 Å². The molecule has 0 radical (unpaired) electrons.